The van der Waals surface area contributed by atoms with Gasteiger partial charge in [-0.25, -0.2) is 0 Å². The van der Waals surface area contributed by atoms with Crippen LogP contribution in [-0.2, 0) is 13.0 Å². The minimum Gasteiger partial charge on any atom is -0.359 e. The van der Waals surface area contributed by atoms with Crippen molar-refractivity contribution in [2.75, 3.05) is 6.54 Å². The zero-order valence-corrected chi connectivity index (χ0v) is 13.5. The minimum absolute atomic E-state index is 0.0726. The molecule has 1 aliphatic heterocycles. The van der Waals surface area contributed by atoms with Gasteiger partial charge in [-0.2, -0.15) is 5.10 Å². The SMILES string of the molecule is CCc1cc([C@@H]2CCCN2C(=O)c2c(Cl)cnn2CC)on1. The van der Waals surface area contributed by atoms with Crippen LogP contribution in [0.3, 0.4) is 0 Å². The average molecular weight is 323 g/mol. The van der Waals surface area contributed by atoms with Crippen molar-refractivity contribution in [2.45, 2.75) is 45.7 Å². The Morgan fingerprint density at radius 1 is 1.50 bits per heavy atom. The van der Waals surface area contributed by atoms with E-state index in [1.165, 1.54) is 6.20 Å². The number of hydrogen-bond donors (Lipinski definition) is 0. The Balaban J connectivity index is 1.89. The average Bonchev–Trinajstić information content (AvgIpc) is 3.24. The first-order valence-electron chi connectivity index (χ1n) is 7.63. The molecule has 118 valence electrons. The number of likely N-dealkylation sites (tertiary alicyclic amines) is 1. The lowest BCUT2D eigenvalue weighted by Crippen LogP contribution is -2.32. The van der Waals surface area contributed by atoms with E-state index in [9.17, 15) is 4.79 Å². The molecule has 0 aliphatic carbocycles. The van der Waals surface area contributed by atoms with Crippen molar-refractivity contribution in [3.8, 4) is 0 Å². The first-order valence-corrected chi connectivity index (χ1v) is 8.01. The number of aryl methyl sites for hydroxylation is 2. The van der Waals surface area contributed by atoms with Crippen molar-refractivity contribution in [1.29, 1.82) is 0 Å². The predicted octanol–water partition coefficient (Wildman–Crippen LogP) is 3.08. The quantitative estimate of drug-likeness (QED) is 0.867. The van der Waals surface area contributed by atoms with Crippen LogP contribution in [0.25, 0.3) is 0 Å². The lowest BCUT2D eigenvalue weighted by molar-refractivity contribution is 0.0702. The molecule has 22 heavy (non-hydrogen) atoms. The summed E-state index contributed by atoms with van der Waals surface area (Å²) >= 11 is 6.15. The molecule has 1 aliphatic rings. The second-order valence-corrected chi connectivity index (χ2v) is 5.79. The molecule has 0 aromatic carbocycles. The Labute approximate surface area is 134 Å². The Morgan fingerprint density at radius 2 is 2.32 bits per heavy atom. The third-order valence-corrected chi connectivity index (χ3v) is 4.36. The molecule has 7 heteroatoms. The highest BCUT2D eigenvalue weighted by Crippen LogP contribution is 2.34. The lowest BCUT2D eigenvalue weighted by atomic mass is 10.1. The molecule has 0 spiro atoms. The van der Waals surface area contributed by atoms with Crippen LogP contribution >= 0.6 is 11.6 Å². The van der Waals surface area contributed by atoms with Gasteiger partial charge in [-0.3, -0.25) is 9.48 Å². The van der Waals surface area contributed by atoms with Crippen LogP contribution in [0.15, 0.2) is 16.8 Å². The molecule has 1 amide bonds. The molecule has 0 N–H and O–H groups in total. The van der Waals surface area contributed by atoms with E-state index in [1.54, 1.807) is 4.68 Å². The van der Waals surface area contributed by atoms with Gasteiger partial charge < -0.3 is 9.42 Å². The number of rotatable bonds is 4. The van der Waals surface area contributed by atoms with Crippen molar-refractivity contribution < 1.29 is 9.32 Å². The fourth-order valence-corrected chi connectivity index (χ4v) is 3.13. The van der Waals surface area contributed by atoms with Crippen LogP contribution in [0.1, 0.15) is 54.7 Å². The summed E-state index contributed by atoms with van der Waals surface area (Å²) in [4.78, 5) is 14.7. The summed E-state index contributed by atoms with van der Waals surface area (Å²) in [6, 6.07) is 1.87. The summed E-state index contributed by atoms with van der Waals surface area (Å²) < 4.78 is 7.06. The van der Waals surface area contributed by atoms with Crippen molar-refractivity contribution in [1.82, 2.24) is 19.8 Å². The summed E-state index contributed by atoms with van der Waals surface area (Å²) in [5, 5.41) is 8.57. The first kappa shape index (κ1) is 15.1. The Hall–Kier alpha value is -1.82. The van der Waals surface area contributed by atoms with E-state index in [1.807, 2.05) is 24.8 Å². The van der Waals surface area contributed by atoms with E-state index in [2.05, 4.69) is 10.3 Å². The summed E-state index contributed by atoms with van der Waals surface area (Å²) in [6.45, 7) is 5.26. The molecule has 2 aromatic rings. The summed E-state index contributed by atoms with van der Waals surface area (Å²) in [6.07, 6.45) is 4.16. The van der Waals surface area contributed by atoms with Gasteiger partial charge >= 0.3 is 0 Å². The number of carbonyl (C=O) groups is 1. The highest BCUT2D eigenvalue weighted by Gasteiger charge is 2.35. The molecule has 0 radical (unpaired) electrons. The van der Waals surface area contributed by atoms with E-state index in [0.29, 0.717) is 23.8 Å². The van der Waals surface area contributed by atoms with Gasteiger partial charge in [0.15, 0.2) is 5.76 Å². The molecule has 0 saturated carbocycles. The fraction of sp³-hybridized carbons (Fsp3) is 0.533. The molecule has 3 heterocycles. The van der Waals surface area contributed by atoms with Crippen LogP contribution in [0.4, 0.5) is 0 Å². The molecule has 0 unspecified atom stereocenters. The third-order valence-electron chi connectivity index (χ3n) is 4.08. The maximum atomic E-state index is 12.9. The molecule has 1 fully saturated rings. The maximum absolute atomic E-state index is 12.9. The maximum Gasteiger partial charge on any atom is 0.274 e. The normalized spacial score (nSPS) is 18.1. The largest absolute Gasteiger partial charge is 0.359 e. The van der Waals surface area contributed by atoms with Gasteiger partial charge in [0.2, 0.25) is 0 Å². The minimum atomic E-state index is -0.0960. The Morgan fingerprint density at radius 3 is 3.00 bits per heavy atom. The van der Waals surface area contributed by atoms with Gasteiger partial charge in [0.05, 0.1) is 23.0 Å². The highest BCUT2D eigenvalue weighted by atomic mass is 35.5. The fourth-order valence-electron chi connectivity index (χ4n) is 2.91. The van der Waals surface area contributed by atoms with Crippen LogP contribution in [0.5, 0.6) is 0 Å². The molecular weight excluding hydrogens is 304 g/mol. The van der Waals surface area contributed by atoms with E-state index in [0.717, 1.165) is 30.7 Å². The van der Waals surface area contributed by atoms with Crippen LogP contribution in [-0.4, -0.2) is 32.3 Å². The topological polar surface area (TPSA) is 64.2 Å². The Bertz CT molecular complexity index is 679. The number of amides is 1. The molecule has 2 aromatic heterocycles. The standard InChI is InChI=1S/C15H19ClN4O2/c1-3-10-8-13(22-18-10)12-6-5-7-19(12)15(21)14-11(16)9-17-20(14)4-2/h8-9,12H,3-7H2,1-2H3/t12-/m0/s1. The number of aromatic nitrogens is 3. The molecule has 0 bridgehead atoms. The van der Waals surface area contributed by atoms with Gasteiger partial charge in [0.25, 0.3) is 5.91 Å². The van der Waals surface area contributed by atoms with Crippen LogP contribution < -0.4 is 0 Å². The van der Waals surface area contributed by atoms with E-state index in [-0.39, 0.29) is 11.9 Å². The molecular formula is C15H19ClN4O2. The van der Waals surface area contributed by atoms with Gasteiger partial charge in [-0.05, 0) is 26.2 Å². The Kier molecular flexibility index (Phi) is 4.20. The van der Waals surface area contributed by atoms with Gasteiger partial charge in [-0.1, -0.05) is 23.7 Å². The monoisotopic (exact) mass is 322 g/mol. The number of nitrogens with zero attached hydrogens (tertiary/aromatic N) is 4. The number of halogens is 1. The summed E-state index contributed by atoms with van der Waals surface area (Å²) in [5.74, 6) is 0.655. The smallest absolute Gasteiger partial charge is 0.274 e. The van der Waals surface area contributed by atoms with Crippen LogP contribution in [0, 0.1) is 0 Å². The molecule has 1 saturated heterocycles. The molecule has 6 nitrogen and oxygen atoms in total. The van der Waals surface area contributed by atoms with Gasteiger partial charge in [-0.15, -0.1) is 0 Å². The second kappa shape index (κ2) is 6.12. The summed E-state index contributed by atoms with van der Waals surface area (Å²) in [7, 11) is 0. The van der Waals surface area contributed by atoms with Crippen molar-refractivity contribution in [2.24, 2.45) is 0 Å². The lowest BCUT2D eigenvalue weighted by Gasteiger charge is -2.23. The van der Waals surface area contributed by atoms with Gasteiger partial charge in [0, 0.05) is 19.2 Å². The van der Waals surface area contributed by atoms with E-state index < -0.39 is 0 Å². The second-order valence-electron chi connectivity index (χ2n) is 5.39. The van der Waals surface area contributed by atoms with Gasteiger partial charge in [0.1, 0.15) is 5.69 Å². The third kappa shape index (κ3) is 2.52. The van der Waals surface area contributed by atoms with Crippen LogP contribution in [0.2, 0.25) is 5.02 Å². The zero-order chi connectivity index (χ0) is 15.7. The zero-order valence-electron chi connectivity index (χ0n) is 12.8. The predicted molar refractivity (Wildman–Crippen MR) is 81.8 cm³/mol. The number of hydrogen-bond acceptors (Lipinski definition) is 4. The highest BCUT2D eigenvalue weighted by molar-refractivity contribution is 6.33. The van der Waals surface area contributed by atoms with Crippen molar-refractivity contribution in [3.05, 3.63) is 34.4 Å². The van der Waals surface area contributed by atoms with Crippen molar-refractivity contribution >= 4 is 17.5 Å². The molecule has 1 atom stereocenters. The first-order chi connectivity index (χ1) is 10.7. The summed E-state index contributed by atoms with van der Waals surface area (Å²) in [5.41, 5.74) is 1.36. The number of carbonyl (C=O) groups excluding carboxylic acids is 1. The molecule has 3 rings (SSSR count). The van der Waals surface area contributed by atoms with E-state index in [4.69, 9.17) is 16.1 Å². The van der Waals surface area contributed by atoms with E-state index >= 15 is 0 Å². The van der Waals surface area contributed by atoms with Crippen molar-refractivity contribution in [3.63, 3.8) is 0 Å².